The van der Waals surface area contributed by atoms with Crippen molar-refractivity contribution in [2.75, 3.05) is 5.32 Å². The van der Waals surface area contributed by atoms with Crippen molar-refractivity contribution in [3.63, 3.8) is 0 Å². The van der Waals surface area contributed by atoms with Gasteiger partial charge in [0, 0.05) is 16.8 Å². The highest BCUT2D eigenvalue weighted by atomic mass is 16.4. The van der Waals surface area contributed by atoms with Crippen LogP contribution in [0.5, 0.6) is 0 Å². The lowest BCUT2D eigenvalue weighted by Crippen LogP contribution is -2.02. The molecule has 0 saturated heterocycles. The van der Waals surface area contributed by atoms with Gasteiger partial charge in [-0.05, 0) is 18.2 Å². The van der Waals surface area contributed by atoms with Gasteiger partial charge in [0.15, 0.2) is 5.78 Å². The van der Waals surface area contributed by atoms with Gasteiger partial charge in [-0.3, -0.25) is 4.79 Å². The van der Waals surface area contributed by atoms with Crippen LogP contribution in [0.3, 0.4) is 0 Å². The molecular formula is C23H17NO2. The average Bonchev–Trinajstić information content (AvgIpc) is 3.13. The van der Waals surface area contributed by atoms with E-state index < -0.39 is 0 Å². The predicted molar refractivity (Wildman–Crippen MR) is 104 cm³/mol. The van der Waals surface area contributed by atoms with E-state index in [0.29, 0.717) is 22.8 Å². The molecule has 3 aromatic carbocycles. The molecule has 0 saturated carbocycles. The second-order valence-electron chi connectivity index (χ2n) is 5.91. The van der Waals surface area contributed by atoms with Crippen molar-refractivity contribution < 1.29 is 9.21 Å². The Kier molecular flexibility index (Phi) is 4.35. The summed E-state index contributed by atoms with van der Waals surface area (Å²) in [5.41, 5.74) is 2.93. The largest absolute Gasteiger partial charge is 0.440 e. The highest BCUT2D eigenvalue weighted by molar-refractivity contribution is 6.12. The zero-order chi connectivity index (χ0) is 17.8. The molecule has 1 heterocycles. The van der Waals surface area contributed by atoms with E-state index in [-0.39, 0.29) is 5.78 Å². The zero-order valence-corrected chi connectivity index (χ0v) is 14.1. The predicted octanol–water partition coefficient (Wildman–Crippen LogP) is 5.92. The number of anilines is 2. The summed E-state index contributed by atoms with van der Waals surface area (Å²) in [5, 5.41) is 3.23. The van der Waals surface area contributed by atoms with E-state index in [9.17, 15) is 4.79 Å². The van der Waals surface area contributed by atoms with Gasteiger partial charge in [-0.1, -0.05) is 78.9 Å². The Morgan fingerprint density at radius 3 is 1.96 bits per heavy atom. The molecule has 1 aromatic heterocycles. The molecule has 1 N–H and O–H groups in total. The Bertz CT molecular complexity index is 1010. The fraction of sp³-hybridized carbons (Fsp3) is 0. The minimum absolute atomic E-state index is 0.0741. The number of rotatable bonds is 5. The van der Waals surface area contributed by atoms with E-state index in [1.165, 1.54) is 0 Å². The molecule has 4 aromatic rings. The van der Waals surface area contributed by atoms with Gasteiger partial charge in [-0.15, -0.1) is 0 Å². The number of hydrogen-bond donors (Lipinski definition) is 1. The highest BCUT2D eigenvalue weighted by Crippen LogP contribution is 2.32. The second kappa shape index (κ2) is 7.11. The summed E-state index contributed by atoms with van der Waals surface area (Å²) >= 11 is 0. The topological polar surface area (TPSA) is 42.2 Å². The third-order valence-corrected chi connectivity index (χ3v) is 4.10. The fourth-order valence-corrected chi connectivity index (χ4v) is 2.79. The molecule has 0 bridgehead atoms. The van der Waals surface area contributed by atoms with Crippen LogP contribution in [0, 0.1) is 0 Å². The van der Waals surface area contributed by atoms with E-state index in [4.69, 9.17) is 4.42 Å². The molecule has 0 aliphatic carbocycles. The van der Waals surface area contributed by atoms with Crippen LogP contribution >= 0.6 is 0 Å². The van der Waals surface area contributed by atoms with Crippen LogP contribution in [0.1, 0.15) is 15.9 Å². The maximum Gasteiger partial charge on any atom is 0.209 e. The zero-order valence-electron chi connectivity index (χ0n) is 14.1. The third-order valence-electron chi connectivity index (χ3n) is 4.10. The molecule has 0 aliphatic heterocycles. The molecule has 0 unspecified atom stereocenters. The number of furan rings is 1. The summed E-state index contributed by atoms with van der Waals surface area (Å²) in [5.74, 6) is 1.03. The summed E-state index contributed by atoms with van der Waals surface area (Å²) in [6.07, 6.45) is 0. The number of ketones is 1. The molecule has 0 atom stereocenters. The van der Waals surface area contributed by atoms with Crippen LogP contribution < -0.4 is 5.32 Å². The first-order valence-corrected chi connectivity index (χ1v) is 8.42. The summed E-state index contributed by atoms with van der Waals surface area (Å²) < 4.78 is 6.02. The van der Waals surface area contributed by atoms with Gasteiger partial charge in [0.05, 0.1) is 5.56 Å². The van der Waals surface area contributed by atoms with Crippen LogP contribution in [0.2, 0.25) is 0 Å². The molecule has 126 valence electrons. The number of para-hydroxylation sites is 1. The molecule has 0 aliphatic rings. The Hall–Kier alpha value is -3.59. The Balaban J connectivity index is 1.77. The van der Waals surface area contributed by atoms with Crippen molar-refractivity contribution in [2.45, 2.75) is 0 Å². The summed E-state index contributed by atoms with van der Waals surface area (Å²) in [7, 11) is 0. The Labute approximate surface area is 151 Å². The lowest BCUT2D eigenvalue weighted by Gasteiger charge is -2.05. The minimum atomic E-state index is -0.0741. The van der Waals surface area contributed by atoms with Crippen molar-refractivity contribution in [3.05, 3.63) is 108 Å². The standard InChI is InChI=1S/C23H17NO2/c25-22(18-12-6-2-7-13-18)20-16-21(17-10-4-1-5-11-17)26-23(20)24-19-14-8-3-9-15-19/h1-16,24H. The number of carbonyl (C=O) groups is 1. The van der Waals surface area contributed by atoms with Crippen LogP contribution in [-0.2, 0) is 0 Å². The van der Waals surface area contributed by atoms with Crippen molar-refractivity contribution >= 4 is 17.4 Å². The van der Waals surface area contributed by atoms with E-state index in [0.717, 1.165) is 11.3 Å². The van der Waals surface area contributed by atoms with Crippen LogP contribution in [0.25, 0.3) is 11.3 Å². The van der Waals surface area contributed by atoms with Gasteiger partial charge >= 0.3 is 0 Å². The quantitative estimate of drug-likeness (QED) is 0.459. The normalized spacial score (nSPS) is 10.5. The van der Waals surface area contributed by atoms with Crippen molar-refractivity contribution in [2.24, 2.45) is 0 Å². The van der Waals surface area contributed by atoms with Crippen molar-refractivity contribution in [1.82, 2.24) is 0 Å². The number of hydrogen-bond acceptors (Lipinski definition) is 3. The van der Waals surface area contributed by atoms with Crippen LogP contribution in [0.15, 0.2) is 101 Å². The molecule has 0 spiro atoms. The number of benzene rings is 3. The van der Waals surface area contributed by atoms with Gasteiger partial charge in [-0.2, -0.15) is 0 Å². The Morgan fingerprint density at radius 2 is 1.31 bits per heavy atom. The molecular weight excluding hydrogens is 322 g/mol. The first-order valence-electron chi connectivity index (χ1n) is 8.42. The molecule has 3 nitrogen and oxygen atoms in total. The van der Waals surface area contributed by atoms with E-state index in [1.807, 2.05) is 91.0 Å². The van der Waals surface area contributed by atoms with Crippen molar-refractivity contribution in [3.8, 4) is 11.3 Å². The van der Waals surface area contributed by atoms with Gasteiger partial charge in [0.2, 0.25) is 5.88 Å². The number of nitrogens with one attached hydrogen (secondary N) is 1. The number of carbonyl (C=O) groups excluding carboxylic acids is 1. The van der Waals surface area contributed by atoms with E-state index in [1.54, 1.807) is 6.07 Å². The minimum Gasteiger partial charge on any atom is -0.440 e. The smallest absolute Gasteiger partial charge is 0.209 e. The van der Waals surface area contributed by atoms with Crippen molar-refractivity contribution in [1.29, 1.82) is 0 Å². The monoisotopic (exact) mass is 339 g/mol. The van der Waals surface area contributed by atoms with E-state index >= 15 is 0 Å². The highest BCUT2D eigenvalue weighted by Gasteiger charge is 2.20. The average molecular weight is 339 g/mol. The SMILES string of the molecule is O=C(c1ccccc1)c1cc(-c2ccccc2)oc1Nc1ccccc1. The van der Waals surface area contributed by atoms with Gasteiger partial charge in [0.1, 0.15) is 5.76 Å². The molecule has 26 heavy (non-hydrogen) atoms. The fourth-order valence-electron chi connectivity index (χ4n) is 2.79. The third kappa shape index (κ3) is 3.28. The van der Waals surface area contributed by atoms with Crippen LogP contribution in [-0.4, -0.2) is 5.78 Å². The molecule has 0 fully saturated rings. The lowest BCUT2D eigenvalue weighted by atomic mass is 10.0. The summed E-state index contributed by atoms with van der Waals surface area (Å²) in [6.45, 7) is 0. The first kappa shape index (κ1) is 15.9. The maximum atomic E-state index is 13.0. The van der Waals surface area contributed by atoms with Crippen LogP contribution in [0.4, 0.5) is 11.6 Å². The molecule has 0 radical (unpaired) electrons. The van der Waals surface area contributed by atoms with Gasteiger partial charge in [0.25, 0.3) is 0 Å². The van der Waals surface area contributed by atoms with Gasteiger partial charge < -0.3 is 9.73 Å². The van der Waals surface area contributed by atoms with E-state index in [2.05, 4.69) is 5.32 Å². The Morgan fingerprint density at radius 1 is 0.731 bits per heavy atom. The first-order chi connectivity index (χ1) is 12.8. The molecule has 4 rings (SSSR count). The molecule has 3 heteroatoms. The maximum absolute atomic E-state index is 13.0. The summed E-state index contributed by atoms with van der Waals surface area (Å²) in [6, 6.07) is 30.5. The second-order valence-corrected chi connectivity index (χ2v) is 5.91. The lowest BCUT2D eigenvalue weighted by molar-refractivity contribution is 0.103. The van der Waals surface area contributed by atoms with Gasteiger partial charge in [-0.25, -0.2) is 0 Å². The summed E-state index contributed by atoms with van der Waals surface area (Å²) in [4.78, 5) is 13.0. The molecule has 0 amide bonds.